The number of ether oxygens (including phenoxy) is 1. The first-order valence-electron chi connectivity index (χ1n) is 4.73. The molecule has 6 heteroatoms. The maximum atomic E-state index is 5.33. The number of nitrogens with one attached hydrogen (secondary N) is 1. The monoisotopic (exact) mass is 220 g/mol. The first-order chi connectivity index (χ1) is 7.85. The third kappa shape index (κ3) is 2.02. The lowest BCUT2D eigenvalue weighted by Gasteiger charge is -2.10. The van der Waals surface area contributed by atoms with E-state index in [9.17, 15) is 0 Å². The normalized spacial score (nSPS) is 12.4. The zero-order chi connectivity index (χ0) is 11.4. The van der Waals surface area contributed by atoms with Gasteiger partial charge in [0, 0.05) is 7.11 Å². The van der Waals surface area contributed by atoms with Crippen LogP contribution >= 0.6 is 0 Å². The van der Waals surface area contributed by atoms with Gasteiger partial charge in [0.1, 0.15) is 6.10 Å². The van der Waals surface area contributed by atoms with Crippen LogP contribution in [-0.2, 0) is 4.74 Å². The minimum absolute atomic E-state index is 0.160. The molecule has 2 aromatic rings. The minimum Gasteiger partial charge on any atom is -0.369 e. The number of anilines is 1. The maximum absolute atomic E-state index is 5.33. The summed E-state index contributed by atoms with van der Waals surface area (Å²) in [6, 6.07) is 9.79. The van der Waals surface area contributed by atoms with Gasteiger partial charge in [-0.05, 0) is 5.56 Å². The van der Waals surface area contributed by atoms with Crippen molar-refractivity contribution in [3.63, 3.8) is 0 Å². The summed E-state index contributed by atoms with van der Waals surface area (Å²) in [6.07, 6.45) is -0.355. The fraction of sp³-hybridized carbons (Fsp3) is 0.200. The Bertz CT molecular complexity index is 443. The minimum atomic E-state index is -0.355. The molecule has 1 aromatic heterocycles. The van der Waals surface area contributed by atoms with Crippen LogP contribution in [0.2, 0.25) is 0 Å². The average Bonchev–Trinajstić information content (AvgIpc) is 2.80. The molecule has 2 rings (SSSR count). The van der Waals surface area contributed by atoms with Crippen molar-refractivity contribution in [2.45, 2.75) is 6.10 Å². The number of rotatable bonds is 4. The Labute approximate surface area is 92.4 Å². The van der Waals surface area contributed by atoms with Crippen molar-refractivity contribution in [3.05, 3.63) is 41.7 Å². The average molecular weight is 220 g/mol. The highest BCUT2D eigenvalue weighted by molar-refractivity contribution is 5.25. The van der Waals surface area contributed by atoms with Crippen LogP contribution < -0.4 is 11.3 Å². The molecule has 0 amide bonds. The van der Waals surface area contributed by atoms with E-state index in [4.69, 9.17) is 15.1 Å². The van der Waals surface area contributed by atoms with Crippen LogP contribution in [0.3, 0.4) is 0 Å². The number of hydrogen-bond donors (Lipinski definition) is 2. The molecule has 0 saturated carbocycles. The first-order valence-corrected chi connectivity index (χ1v) is 4.73. The number of nitrogens with two attached hydrogens (primary N) is 1. The molecule has 6 nitrogen and oxygen atoms in total. The van der Waals surface area contributed by atoms with Gasteiger partial charge in [-0.2, -0.15) is 4.98 Å². The Hall–Kier alpha value is -1.92. The Morgan fingerprint density at radius 1 is 1.38 bits per heavy atom. The molecule has 0 aliphatic rings. The standard InChI is InChI=1S/C10H12N4O2/c1-15-8(7-5-3-2-4-6-7)9-12-10(13-11)16-14-9/h2-6,8H,11H2,1H3,(H,12,13,14). The lowest BCUT2D eigenvalue weighted by Crippen LogP contribution is -2.08. The lowest BCUT2D eigenvalue weighted by molar-refractivity contribution is 0.126. The molecule has 0 spiro atoms. The van der Waals surface area contributed by atoms with Crippen molar-refractivity contribution in [2.75, 3.05) is 12.5 Å². The van der Waals surface area contributed by atoms with E-state index in [1.807, 2.05) is 30.3 Å². The van der Waals surface area contributed by atoms with Crippen LogP contribution in [-0.4, -0.2) is 17.3 Å². The third-order valence-electron chi connectivity index (χ3n) is 2.14. The molecule has 3 N–H and O–H groups in total. The predicted octanol–water partition coefficient (Wildman–Crippen LogP) is 1.09. The van der Waals surface area contributed by atoms with Gasteiger partial charge in [0.05, 0.1) is 0 Å². The van der Waals surface area contributed by atoms with Crippen molar-refractivity contribution < 1.29 is 9.26 Å². The van der Waals surface area contributed by atoms with Gasteiger partial charge in [0.2, 0.25) is 5.82 Å². The lowest BCUT2D eigenvalue weighted by atomic mass is 10.1. The second kappa shape index (κ2) is 4.73. The van der Waals surface area contributed by atoms with Crippen LogP contribution in [0.25, 0.3) is 0 Å². The van der Waals surface area contributed by atoms with E-state index in [0.29, 0.717) is 5.82 Å². The van der Waals surface area contributed by atoms with Gasteiger partial charge >= 0.3 is 6.01 Å². The van der Waals surface area contributed by atoms with Gasteiger partial charge in [-0.25, -0.2) is 5.84 Å². The summed E-state index contributed by atoms with van der Waals surface area (Å²) in [4.78, 5) is 4.04. The Morgan fingerprint density at radius 3 is 2.69 bits per heavy atom. The molecule has 0 fully saturated rings. The highest BCUT2D eigenvalue weighted by Gasteiger charge is 2.19. The van der Waals surface area contributed by atoms with Gasteiger partial charge in [-0.3, -0.25) is 5.43 Å². The summed E-state index contributed by atoms with van der Waals surface area (Å²) in [7, 11) is 1.59. The molecule has 1 aromatic carbocycles. The van der Waals surface area contributed by atoms with E-state index in [1.165, 1.54) is 0 Å². The van der Waals surface area contributed by atoms with Gasteiger partial charge < -0.3 is 9.26 Å². The van der Waals surface area contributed by atoms with E-state index in [2.05, 4.69) is 15.6 Å². The van der Waals surface area contributed by atoms with Crippen molar-refractivity contribution in [2.24, 2.45) is 5.84 Å². The fourth-order valence-corrected chi connectivity index (χ4v) is 1.42. The summed E-state index contributed by atoms with van der Waals surface area (Å²) in [6.45, 7) is 0. The molecule has 1 unspecified atom stereocenters. The Balaban J connectivity index is 2.29. The van der Waals surface area contributed by atoms with Crippen molar-refractivity contribution >= 4 is 6.01 Å². The van der Waals surface area contributed by atoms with E-state index >= 15 is 0 Å². The molecule has 0 bridgehead atoms. The fourth-order valence-electron chi connectivity index (χ4n) is 1.42. The molecule has 1 atom stereocenters. The van der Waals surface area contributed by atoms with Gasteiger partial charge in [-0.1, -0.05) is 35.5 Å². The smallest absolute Gasteiger partial charge is 0.335 e. The number of hydrogen-bond acceptors (Lipinski definition) is 6. The number of benzene rings is 1. The van der Waals surface area contributed by atoms with Gasteiger partial charge in [-0.15, -0.1) is 0 Å². The second-order valence-electron chi connectivity index (χ2n) is 3.13. The molecule has 16 heavy (non-hydrogen) atoms. The van der Waals surface area contributed by atoms with Gasteiger partial charge in [0.25, 0.3) is 0 Å². The van der Waals surface area contributed by atoms with Crippen molar-refractivity contribution in [3.8, 4) is 0 Å². The number of methoxy groups -OCH3 is 1. The largest absolute Gasteiger partial charge is 0.369 e. The zero-order valence-electron chi connectivity index (χ0n) is 8.75. The SMILES string of the molecule is COC(c1ccccc1)c1noc(NN)n1. The zero-order valence-corrected chi connectivity index (χ0v) is 8.75. The number of nitrogen functional groups attached to an aromatic ring is 1. The first kappa shape index (κ1) is 10.6. The van der Waals surface area contributed by atoms with Crippen LogP contribution in [0, 0.1) is 0 Å². The Kier molecular flexibility index (Phi) is 3.13. The molecule has 84 valence electrons. The quantitative estimate of drug-likeness (QED) is 0.592. The summed E-state index contributed by atoms with van der Waals surface area (Å²) < 4.78 is 10.2. The number of nitrogens with zero attached hydrogens (tertiary/aromatic N) is 2. The number of aromatic nitrogens is 2. The molecule has 1 heterocycles. The van der Waals surface area contributed by atoms with Crippen molar-refractivity contribution in [1.82, 2.24) is 10.1 Å². The molecule has 0 aliphatic heterocycles. The maximum Gasteiger partial charge on any atom is 0.335 e. The van der Waals surface area contributed by atoms with Crippen LogP contribution in [0.15, 0.2) is 34.9 Å². The van der Waals surface area contributed by atoms with Crippen LogP contribution in [0.1, 0.15) is 17.5 Å². The highest BCUT2D eigenvalue weighted by Crippen LogP contribution is 2.23. The predicted molar refractivity (Wildman–Crippen MR) is 57.4 cm³/mol. The molecular formula is C10H12N4O2. The number of hydrazine groups is 1. The van der Waals surface area contributed by atoms with E-state index < -0.39 is 0 Å². The molecule has 0 aliphatic carbocycles. The van der Waals surface area contributed by atoms with Crippen LogP contribution in [0.4, 0.5) is 6.01 Å². The molecular weight excluding hydrogens is 208 g/mol. The summed E-state index contributed by atoms with van der Waals surface area (Å²) in [5.74, 6) is 5.59. The topological polar surface area (TPSA) is 86.2 Å². The highest BCUT2D eigenvalue weighted by atomic mass is 16.5. The van der Waals surface area contributed by atoms with E-state index in [0.717, 1.165) is 5.56 Å². The van der Waals surface area contributed by atoms with E-state index in [1.54, 1.807) is 7.11 Å². The Morgan fingerprint density at radius 2 is 2.12 bits per heavy atom. The van der Waals surface area contributed by atoms with Gasteiger partial charge in [0.15, 0.2) is 0 Å². The van der Waals surface area contributed by atoms with Crippen LogP contribution in [0.5, 0.6) is 0 Å². The summed E-state index contributed by atoms with van der Waals surface area (Å²) in [5, 5.41) is 3.78. The van der Waals surface area contributed by atoms with E-state index in [-0.39, 0.29) is 12.1 Å². The summed E-state index contributed by atoms with van der Waals surface area (Å²) in [5.41, 5.74) is 3.24. The second-order valence-corrected chi connectivity index (χ2v) is 3.13. The molecule has 0 radical (unpaired) electrons. The molecule has 0 saturated heterocycles. The summed E-state index contributed by atoms with van der Waals surface area (Å²) >= 11 is 0. The third-order valence-corrected chi connectivity index (χ3v) is 2.14. The van der Waals surface area contributed by atoms with Crippen molar-refractivity contribution in [1.29, 1.82) is 0 Å².